The number of hydrogen-bond acceptors (Lipinski definition) is 2. The molecule has 0 aromatic heterocycles. The van der Waals surface area contributed by atoms with Gasteiger partial charge in [0.2, 0.25) is 0 Å². The first-order chi connectivity index (χ1) is 7.68. The standard InChI is InChI=1S/C12H15BrFNO/c13-11-10(16)4-3-9(12(11)14)6-8-2-1-5-15-7-8/h3-4,8,15-16H,1-2,5-7H2. The average molecular weight is 288 g/mol. The van der Waals surface area contributed by atoms with Crippen LogP contribution in [0.15, 0.2) is 16.6 Å². The van der Waals surface area contributed by atoms with Gasteiger partial charge in [-0.15, -0.1) is 0 Å². The number of rotatable bonds is 2. The van der Waals surface area contributed by atoms with E-state index in [0.717, 1.165) is 32.4 Å². The van der Waals surface area contributed by atoms with E-state index in [2.05, 4.69) is 21.2 Å². The van der Waals surface area contributed by atoms with E-state index in [9.17, 15) is 9.50 Å². The van der Waals surface area contributed by atoms with Crippen molar-refractivity contribution in [1.29, 1.82) is 0 Å². The first kappa shape index (κ1) is 11.9. The summed E-state index contributed by atoms with van der Waals surface area (Å²) in [4.78, 5) is 0. The van der Waals surface area contributed by atoms with Gasteiger partial charge in [0.25, 0.3) is 0 Å². The zero-order valence-corrected chi connectivity index (χ0v) is 10.6. The molecule has 1 saturated heterocycles. The SMILES string of the molecule is Oc1ccc(CC2CCCNC2)c(F)c1Br. The van der Waals surface area contributed by atoms with Crippen LogP contribution in [0.1, 0.15) is 18.4 Å². The molecule has 2 N–H and O–H groups in total. The van der Waals surface area contributed by atoms with Gasteiger partial charge in [0.15, 0.2) is 0 Å². The smallest absolute Gasteiger partial charge is 0.144 e. The molecule has 0 saturated carbocycles. The molecular weight excluding hydrogens is 273 g/mol. The van der Waals surface area contributed by atoms with Crippen molar-refractivity contribution in [1.82, 2.24) is 5.32 Å². The van der Waals surface area contributed by atoms with Crippen molar-refractivity contribution < 1.29 is 9.50 Å². The number of benzene rings is 1. The van der Waals surface area contributed by atoms with Gasteiger partial charge in [-0.3, -0.25) is 0 Å². The third-order valence-electron chi connectivity index (χ3n) is 3.05. The fourth-order valence-corrected chi connectivity index (χ4v) is 2.53. The Morgan fingerprint density at radius 2 is 2.31 bits per heavy atom. The van der Waals surface area contributed by atoms with Crippen LogP contribution in [-0.4, -0.2) is 18.2 Å². The van der Waals surface area contributed by atoms with Gasteiger partial charge in [-0.25, -0.2) is 4.39 Å². The van der Waals surface area contributed by atoms with E-state index >= 15 is 0 Å². The molecule has 2 nitrogen and oxygen atoms in total. The Morgan fingerprint density at radius 1 is 1.50 bits per heavy atom. The minimum atomic E-state index is -0.328. The van der Waals surface area contributed by atoms with Crippen LogP contribution in [0.5, 0.6) is 5.75 Å². The summed E-state index contributed by atoms with van der Waals surface area (Å²) in [6, 6.07) is 3.21. The van der Waals surface area contributed by atoms with Gasteiger partial charge in [-0.1, -0.05) is 6.07 Å². The Hall–Kier alpha value is -0.610. The number of piperidine rings is 1. The van der Waals surface area contributed by atoms with Gasteiger partial charge in [0, 0.05) is 0 Å². The van der Waals surface area contributed by atoms with Crippen LogP contribution in [0.3, 0.4) is 0 Å². The van der Waals surface area contributed by atoms with Gasteiger partial charge < -0.3 is 10.4 Å². The number of phenolic OH excluding ortho intramolecular Hbond substituents is 1. The first-order valence-electron chi connectivity index (χ1n) is 5.55. The summed E-state index contributed by atoms with van der Waals surface area (Å²) in [5, 5.41) is 12.6. The highest BCUT2D eigenvalue weighted by molar-refractivity contribution is 9.10. The van der Waals surface area contributed by atoms with Crippen LogP contribution in [0.2, 0.25) is 0 Å². The Kier molecular flexibility index (Phi) is 3.82. The Bertz CT molecular complexity index is 378. The molecule has 1 aliphatic rings. The maximum absolute atomic E-state index is 13.8. The minimum Gasteiger partial charge on any atom is -0.507 e. The highest BCUT2D eigenvalue weighted by atomic mass is 79.9. The second-order valence-corrected chi connectivity index (χ2v) is 5.08. The molecule has 1 aliphatic heterocycles. The van der Waals surface area contributed by atoms with Crippen molar-refractivity contribution in [2.45, 2.75) is 19.3 Å². The van der Waals surface area contributed by atoms with Crippen LogP contribution in [-0.2, 0) is 6.42 Å². The quantitative estimate of drug-likeness (QED) is 0.877. The molecule has 0 bridgehead atoms. The maximum Gasteiger partial charge on any atom is 0.144 e. The lowest BCUT2D eigenvalue weighted by Gasteiger charge is -2.23. The van der Waals surface area contributed by atoms with Gasteiger partial charge in [-0.2, -0.15) is 0 Å². The predicted molar refractivity (Wildman–Crippen MR) is 65.1 cm³/mol. The summed E-state index contributed by atoms with van der Waals surface area (Å²) >= 11 is 3.05. The molecule has 0 aliphatic carbocycles. The van der Waals surface area contributed by atoms with E-state index < -0.39 is 0 Å². The molecule has 1 heterocycles. The van der Waals surface area contributed by atoms with Crippen molar-refractivity contribution in [2.24, 2.45) is 5.92 Å². The number of nitrogens with one attached hydrogen (secondary N) is 1. The fraction of sp³-hybridized carbons (Fsp3) is 0.500. The molecule has 0 radical (unpaired) electrons. The van der Waals surface area contributed by atoms with Gasteiger partial charge in [0.1, 0.15) is 11.6 Å². The monoisotopic (exact) mass is 287 g/mol. The van der Waals surface area contributed by atoms with Crippen molar-refractivity contribution >= 4 is 15.9 Å². The Balaban J connectivity index is 2.11. The molecule has 1 aromatic rings. The van der Waals surface area contributed by atoms with Gasteiger partial charge in [0.05, 0.1) is 4.47 Å². The first-order valence-corrected chi connectivity index (χ1v) is 6.34. The molecule has 1 fully saturated rings. The average Bonchev–Trinajstić information content (AvgIpc) is 2.31. The highest BCUT2D eigenvalue weighted by Gasteiger charge is 2.17. The molecule has 16 heavy (non-hydrogen) atoms. The third-order valence-corrected chi connectivity index (χ3v) is 3.80. The van der Waals surface area contributed by atoms with Crippen molar-refractivity contribution in [3.63, 3.8) is 0 Å². The predicted octanol–water partition coefficient (Wildman–Crippen LogP) is 2.84. The lowest BCUT2D eigenvalue weighted by molar-refractivity contribution is 0.371. The van der Waals surface area contributed by atoms with E-state index in [1.54, 1.807) is 12.1 Å². The Morgan fingerprint density at radius 3 is 3.00 bits per heavy atom. The van der Waals surface area contributed by atoms with Gasteiger partial charge in [-0.05, 0) is 65.8 Å². The summed E-state index contributed by atoms with van der Waals surface area (Å²) in [5.41, 5.74) is 0.679. The minimum absolute atomic E-state index is 0.0389. The zero-order valence-electron chi connectivity index (χ0n) is 8.97. The van der Waals surface area contributed by atoms with Gasteiger partial charge >= 0.3 is 0 Å². The van der Waals surface area contributed by atoms with Crippen LogP contribution in [0.4, 0.5) is 4.39 Å². The molecule has 4 heteroatoms. The van der Waals surface area contributed by atoms with Crippen LogP contribution >= 0.6 is 15.9 Å². The van der Waals surface area contributed by atoms with E-state index in [0.29, 0.717) is 11.5 Å². The van der Waals surface area contributed by atoms with Crippen LogP contribution in [0, 0.1) is 11.7 Å². The number of halogens is 2. The van der Waals surface area contributed by atoms with E-state index in [1.807, 2.05) is 0 Å². The van der Waals surface area contributed by atoms with E-state index in [1.165, 1.54) is 0 Å². The molecule has 0 spiro atoms. The third kappa shape index (κ3) is 2.55. The normalized spacial score (nSPS) is 21.0. The molecule has 0 amide bonds. The largest absolute Gasteiger partial charge is 0.507 e. The number of aromatic hydroxyl groups is 1. The summed E-state index contributed by atoms with van der Waals surface area (Å²) in [6.45, 7) is 2.02. The van der Waals surface area contributed by atoms with Crippen molar-refractivity contribution in [2.75, 3.05) is 13.1 Å². The lowest BCUT2D eigenvalue weighted by Crippen LogP contribution is -2.31. The topological polar surface area (TPSA) is 32.3 Å². The molecule has 2 rings (SSSR count). The van der Waals surface area contributed by atoms with Crippen LogP contribution < -0.4 is 5.32 Å². The fourth-order valence-electron chi connectivity index (χ4n) is 2.15. The number of hydrogen-bond donors (Lipinski definition) is 2. The summed E-state index contributed by atoms with van der Waals surface area (Å²) < 4.78 is 14.0. The summed E-state index contributed by atoms with van der Waals surface area (Å²) in [6.07, 6.45) is 3.04. The maximum atomic E-state index is 13.8. The number of phenols is 1. The molecule has 88 valence electrons. The summed E-state index contributed by atoms with van der Waals surface area (Å²) in [7, 11) is 0. The molecule has 1 atom stereocenters. The zero-order chi connectivity index (χ0) is 11.5. The molecular formula is C12H15BrFNO. The summed E-state index contributed by atoms with van der Waals surface area (Å²) in [5.74, 6) is 0.133. The highest BCUT2D eigenvalue weighted by Crippen LogP contribution is 2.30. The molecule has 1 aromatic carbocycles. The van der Waals surface area contributed by atoms with E-state index in [-0.39, 0.29) is 16.0 Å². The van der Waals surface area contributed by atoms with Crippen molar-refractivity contribution in [3.05, 3.63) is 28.0 Å². The second kappa shape index (κ2) is 5.15. The lowest BCUT2D eigenvalue weighted by atomic mass is 9.92. The second-order valence-electron chi connectivity index (χ2n) is 4.29. The molecule has 1 unspecified atom stereocenters. The van der Waals surface area contributed by atoms with E-state index in [4.69, 9.17) is 0 Å². The Labute approximate surface area is 103 Å². The van der Waals surface area contributed by atoms with Crippen LogP contribution in [0.25, 0.3) is 0 Å². The van der Waals surface area contributed by atoms with Crippen molar-refractivity contribution in [3.8, 4) is 5.75 Å².